The van der Waals surface area contributed by atoms with E-state index in [0.717, 1.165) is 22.4 Å². The fourth-order valence-electron chi connectivity index (χ4n) is 5.13. The summed E-state index contributed by atoms with van der Waals surface area (Å²) in [7, 11) is 1.23. The van der Waals surface area contributed by atoms with Crippen molar-refractivity contribution in [3.63, 3.8) is 0 Å². The Labute approximate surface area is 288 Å². The van der Waals surface area contributed by atoms with Crippen LogP contribution in [0.15, 0.2) is 79.0 Å². The van der Waals surface area contributed by atoms with Crippen LogP contribution in [0.4, 0.5) is 4.79 Å². The number of nitrogens with one attached hydrogen (secondary N) is 4. The zero-order valence-corrected chi connectivity index (χ0v) is 29.5. The van der Waals surface area contributed by atoms with Crippen molar-refractivity contribution >= 4 is 29.7 Å². The fourth-order valence-corrected chi connectivity index (χ4v) is 5.56. The van der Waals surface area contributed by atoms with E-state index in [4.69, 9.17) is 16.5 Å². The molecule has 3 aromatic rings. The van der Waals surface area contributed by atoms with Gasteiger partial charge in [-0.15, -0.1) is 0 Å². The SMILES string of the molecule is COC(=O)N[C@H](C(=O)NN(Cc1ccc(-c2ccccn2)cc1)C[C@H](O)[C@H](Cc1ccccc1)NC(=O)C(NCl)C(C)(C)C)C(C)(C)C. The first-order valence-electron chi connectivity index (χ1n) is 15.9. The smallest absolute Gasteiger partial charge is 0.407 e. The molecule has 48 heavy (non-hydrogen) atoms. The van der Waals surface area contributed by atoms with Crippen LogP contribution in [0.25, 0.3) is 11.3 Å². The van der Waals surface area contributed by atoms with Crippen LogP contribution in [0.1, 0.15) is 52.7 Å². The first-order chi connectivity index (χ1) is 22.6. The van der Waals surface area contributed by atoms with E-state index >= 15 is 0 Å². The molecule has 1 unspecified atom stereocenters. The molecule has 3 rings (SSSR count). The number of carbonyl (C=O) groups is 3. The van der Waals surface area contributed by atoms with Crippen molar-refractivity contribution in [1.29, 1.82) is 0 Å². The monoisotopic (exact) mass is 680 g/mol. The number of pyridine rings is 1. The number of hydrazine groups is 1. The summed E-state index contributed by atoms with van der Waals surface area (Å²) in [6.45, 7) is 11.3. The number of halogens is 1. The maximum absolute atomic E-state index is 13.7. The molecule has 5 N–H and O–H groups in total. The highest BCUT2D eigenvalue weighted by atomic mass is 35.5. The van der Waals surface area contributed by atoms with Crippen molar-refractivity contribution < 1.29 is 24.2 Å². The summed E-state index contributed by atoms with van der Waals surface area (Å²) in [5.74, 6) is -0.860. The van der Waals surface area contributed by atoms with Crippen LogP contribution in [0.5, 0.6) is 0 Å². The fraction of sp³-hybridized carbons (Fsp3) is 0.444. The van der Waals surface area contributed by atoms with Gasteiger partial charge in [0.2, 0.25) is 5.91 Å². The summed E-state index contributed by atoms with van der Waals surface area (Å²) >= 11 is 5.99. The highest BCUT2D eigenvalue weighted by molar-refractivity contribution is 6.15. The normalized spacial score (nSPS) is 14.4. The number of aliphatic hydroxyl groups is 1. The Kier molecular flexibility index (Phi) is 13.9. The van der Waals surface area contributed by atoms with Gasteiger partial charge in [-0.2, -0.15) is 0 Å². The number of alkyl carbamates (subject to hydrolysis) is 1. The Hall–Kier alpha value is -4.03. The Morgan fingerprint density at radius 3 is 2.00 bits per heavy atom. The number of carbonyl (C=O) groups excluding carboxylic acids is 3. The van der Waals surface area contributed by atoms with Gasteiger partial charge in [-0.3, -0.25) is 20.0 Å². The summed E-state index contributed by atoms with van der Waals surface area (Å²) in [6.07, 6.45) is 0.170. The molecule has 0 saturated carbocycles. The van der Waals surface area contributed by atoms with Gasteiger partial charge < -0.3 is 20.5 Å². The lowest BCUT2D eigenvalue weighted by Gasteiger charge is -2.35. The van der Waals surface area contributed by atoms with Gasteiger partial charge in [0.05, 0.1) is 24.9 Å². The molecular formula is C36H49ClN6O5. The average molecular weight is 681 g/mol. The van der Waals surface area contributed by atoms with Gasteiger partial charge in [0.1, 0.15) is 12.1 Å². The molecule has 0 aliphatic rings. The second kappa shape index (κ2) is 17.4. The topological polar surface area (TPSA) is 145 Å². The van der Waals surface area contributed by atoms with Crippen molar-refractivity contribution in [3.05, 3.63) is 90.1 Å². The summed E-state index contributed by atoms with van der Waals surface area (Å²) in [5.41, 5.74) is 5.24. The summed E-state index contributed by atoms with van der Waals surface area (Å²) in [6, 6.07) is 20.5. The molecule has 1 aromatic heterocycles. The second-order valence-electron chi connectivity index (χ2n) is 14.0. The standard InChI is InChI=1S/C36H49ClN6O5/c1-35(2,3)30(40-34(47)48-7)33(46)42-43(22-25-16-18-26(19-17-25)27-15-11-12-20-38-27)23-29(44)28(21-24-13-9-8-10-14-24)39-32(45)31(41-37)36(4,5)6/h8-20,28-31,41,44H,21-23H2,1-7H3,(H,39,45)(H,40,47)(H,42,46)/t28-,29-,30+,31?/m0/s1. The number of hydrogen-bond donors (Lipinski definition) is 5. The molecule has 0 saturated heterocycles. The van der Waals surface area contributed by atoms with Gasteiger partial charge in [-0.25, -0.2) is 14.6 Å². The summed E-state index contributed by atoms with van der Waals surface area (Å²) in [5, 5.41) is 19.0. The van der Waals surface area contributed by atoms with Gasteiger partial charge in [-0.1, -0.05) is 102 Å². The quantitative estimate of drug-likeness (QED) is 0.123. The van der Waals surface area contributed by atoms with Crippen LogP contribution in [0, 0.1) is 10.8 Å². The molecule has 0 aliphatic heterocycles. The molecule has 260 valence electrons. The number of aliphatic hydroxyl groups excluding tert-OH is 1. The maximum atomic E-state index is 13.7. The maximum Gasteiger partial charge on any atom is 0.407 e. The molecule has 0 spiro atoms. The van der Waals surface area contributed by atoms with Gasteiger partial charge in [0, 0.05) is 24.8 Å². The first kappa shape index (κ1) is 38.4. The molecule has 0 aliphatic carbocycles. The minimum atomic E-state index is -1.14. The van der Waals surface area contributed by atoms with Crippen LogP contribution in [-0.2, 0) is 27.3 Å². The molecule has 11 nitrogen and oxygen atoms in total. The highest BCUT2D eigenvalue weighted by Gasteiger charge is 2.36. The van der Waals surface area contributed by atoms with Crippen molar-refractivity contribution in [3.8, 4) is 11.3 Å². The summed E-state index contributed by atoms with van der Waals surface area (Å²) in [4.78, 5) is 46.3. The van der Waals surface area contributed by atoms with E-state index in [-0.39, 0.29) is 19.0 Å². The third kappa shape index (κ3) is 11.6. The van der Waals surface area contributed by atoms with Gasteiger partial charge >= 0.3 is 6.09 Å². The molecule has 4 atom stereocenters. The van der Waals surface area contributed by atoms with Crippen LogP contribution < -0.4 is 20.9 Å². The molecule has 0 radical (unpaired) electrons. The molecular weight excluding hydrogens is 632 g/mol. The minimum absolute atomic E-state index is 0.0604. The number of nitrogens with zero attached hydrogens (tertiary/aromatic N) is 2. The van der Waals surface area contributed by atoms with E-state index < -0.39 is 47.1 Å². The van der Waals surface area contributed by atoms with E-state index in [1.165, 1.54) is 7.11 Å². The Bertz CT molecular complexity index is 1460. The van der Waals surface area contributed by atoms with Crippen molar-refractivity contribution in [2.45, 2.75) is 78.7 Å². The van der Waals surface area contributed by atoms with Crippen molar-refractivity contribution in [2.75, 3.05) is 13.7 Å². The lowest BCUT2D eigenvalue weighted by atomic mass is 9.86. The van der Waals surface area contributed by atoms with E-state index in [1.807, 2.05) is 114 Å². The van der Waals surface area contributed by atoms with Gasteiger partial charge in [0.25, 0.3) is 5.91 Å². The number of amides is 3. The molecule has 3 amide bonds. The number of methoxy groups -OCH3 is 1. The zero-order chi connectivity index (χ0) is 35.5. The van der Waals surface area contributed by atoms with Crippen LogP contribution in [-0.4, -0.2) is 70.9 Å². The van der Waals surface area contributed by atoms with Crippen LogP contribution in [0.2, 0.25) is 0 Å². The van der Waals surface area contributed by atoms with E-state index in [0.29, 0.717) is 6.42 Å². The van der Waals surface area contributed by atoms with Crippen LogP contribution >= 0.6 is 11.8 Å². The van der Waals surface area contributed by atoms with Crippen LogP contribution in [0.3, 0.4) is 0 Å². The van der Waals surface area contributed by atoms with E-state index in [2.05, 4.69) is 25.9 Å². The number of ether oxygens (including phenoxy) is 1. The first-order valence-corrected chi connectivity index (χ1v) is 16.3. The Morgan fingerprint density at radius 2 is 1.46 bits per heavy atom. The molecule has 1 heterocycles. The predicted octanol–water partition coefficient (Wildman–Crippen LogP) is 4.60. The average Bonchev–Trinajstić information content (AvgIpc) is 3.03. The van der Waals surface area contributed by atoms with Gasteiger partial charge in [-0.05, 0) is 52.3 Å². The lowest BCUT2D eigenvalue weighted by molar-refractivity contribution is -0.132. The van der Waals surface area contributed by atoms with Gasteiger partial charge in [0.15, 0.2) is 0 Å². The number of benzene rings is 2. The second-order valence-corrected chi connectivity index (χ2v) is 14.2. The predicted molar refractivity (Wildman–Crippen MR) is 187 cm³/mol. The number of hydrogen-bond acceptors (Lipinski definition) is 8. The largest absolute Gasteiger partial charge is 0.453 e. The van der Waals surface area contributed by atoms with E-state index in [9.17, 15) is 19.5 Å². The zero-order valence-electron chi connectivity index (χ0n) is 28.8. The minimum Gasteiger partial charge on any atom is -0.453 e. The molecule has 0 fully saturated rings. The third-order valence-corrected chi connectivity index (χ3v) is 8.09. The van der Waals surface area contributed by atoms with Crippen molar-refractivity contribution in [2.24, 2.45) is 10.8 Å². The molecule has 0 bridgehead atoms. The van der Waals surface area contributed by atoms with Crippen molar-refractivity contribution in [1.82, 2.24) is 30.9 Å². The lowest BCUT2D eigenvalue weighted by Crippen LogP contribution is -2.60. The molecule has 12 heteroatoms. The summed E-state index contributed by atoms with van der Waals surface area (Å²) < 4.78 is 4.77. The number of aromatic nitrogens is 1. The Morgan fingerprint density at radius 1 is 0.833 bits per heavy atom. The third-order valence-electron chi connectivity index (χ3n) is 7.87. The highest BCUT2D eigenvalue weighted by Crippen LogP contribution is 2.22. The number of rotatable bonds is 14. The van der Waals surface area contributed by atoms with E-state index in [1.54, 1.807) is 11.2 Å². The Balaban J connectivity index is 1.93. The molecule has 2 aromatic carbocycles.